The highest BCUT2D eigenvalue weighted by molar-refractivity contribution is 7.81. The zero-order chi connectivity index (χ0) is 18.1. The largest absolute Gasteiger partial charge is 0.480 e. The maximum Gasteiger partial charge on any atom is 0.326 e. The van der Waals surface area contributed by atoms with E-state index in [4.69, 9.17) is 11.6 Å². The van der Waals surface area contributed by atoms with Gasteiger partial charge in [-0.2, -0.15) is 18.5 Å². The summed E-state index contributed by atoms with van der Waals surface area (Å²) in [6.07, 6.45) is 0.208. The third-order valence-electron chi connectivity index (χ3n) is 3.38. The second kappa shape index (κ2) is 9.91. The summed E-state index contributed by atoms with van der Waals surface area (Å²) in [4.78, 5) is 38.5. The average Bonchev–Trinajstić information content (AvgIpc) is 2.58. The van der Waals surface area contributed by atoms with Crippen LogP contribution in [-0.2, 0) is 25.6 Å². The molecule has 24 heavy (non-hydrogen) atoms. The first kappa shape index (κ1) is 19.9. The lowest BCUT2D eigenvalue weighted by Gasteiger charge is -2.21. The van der Waals surface area contributed by atoms with Crippen LogP contribution in [0.1, 0.15) is 18.4 Å². The predicted molar refractivity (Wildman–Crippen MR) is 90.0 cm³/mol. The van der Waals surface area contributed by atoms with Crippen LogP contribution in [0.2, 0.25) is 0 Å². The third kappa shape index (κ3) is 6.57. The number of carboxylic acids is 1. The maximum absolute atomic E-state index is 12.1. The van der Waals surface area contributed by atoms with Crippen molar-refractivity contribution in [3.63, 3.8) is 0 Å². The van der Waals surface area contributed by atoms with Gasteiger partial charge in [0.05, 0.1) is 5.25 Å². The van der Waals surface area contributed by atoms with Crippen molar-refractivity contribution in [1.29, 1.82) is 0 Å². The Balaban J connectivity index is 2.60. The van der Waals surface area contributed by atoms with Gasteiger partial charge in [-0.25, -0.2) is 4.79 Å². The quantitative estimate of drug-likeness (QED) is 0.300. The first-order chi connectivity index (χ1) is 11.3. The minimum absolute atomic E-state index is 0.0611. The standard InChI is InChI=1S/C15H21N3O5S/c16-10(6-7-12(19)23-17)13(24)14(20)18-11(15(21)22)8-9-4-2-1-3-5-9/h1-5,10-11,13,24H,6-8,16-17H2,(H,18,20)(H,21,22)/t10-,11+,13?/m0/s1. The van der Waals surface area contributed by atoms with Crippen molar-refractivity contribution >= 4 is 30.5 Å². The lowest BCUT2D eigenvalue weighted by atomic mass is 10.0. The highest BCUT2D eigenvalue weighted by Crippen LogP contribution is 2.09. The van der Waals surface area contributed by atoms with Gasteiger partial charge in [0.1, 0.15) is 6.04 Å². The van der Waals surface area contributed by atoms with E-state index in [1.54, 1.807) is 24.3 Å². The van der Waals surface area contributed by atoms with Gasteiger partial charge in [-0.1, -0.05) is 30.3 Å². The van der Waals surface area contributed by atoms with E-state index in [-0.39, 0.29) is 19.3 Å². The Bertz CT molecular complexity index is 569. The summed E-state index contributed by atoms with van der Waals surface area (Å²) >= 11 is 4.11. The molecular weight excluding hydrogens is 334 g/mol. The van der Waals surface area contributed by atoms with Crippen LogP contribution in [0.3, 0.4) is 0 Å². The smallest absolute Gasteiger partial charge is 0.326 e. The number of hydrogen-bond donors (Lipinski definition) is 5. The summed E-state index contributed by atoms with van der Waals surface area (Å²) in [5, 5.41) is 10.7. The molecule has 0 aromatic heterocycles. The first-order valence-electron chi connectivity index (χ1n) is 7.25. The number of amides is 1. The molecular formula is C15H21N3O5S. The van der Waals surface area contributed by atoms with E-state index in [0.717, 1.165) is 5.56 Å². The Morgan fingerprint density at radius 1 is 1.25 bits per heavy atom. The summed E-state index contributed by atoms with van der Waals surface area (Å²) in [7, 11) is 0. The molecule has 132 valence electrons. The van der Waals surface area contributed by atoms with Gasteiger partial charge in [-0.05, 0) is 12.0 Å². The number of nitrogens with one attached hydrogen (secondary N) is 1. The lowest BCUT2D eigenvalue weighted by Crippen LogP contribution is -2.50. The minimum atomic E-state index is -1.16. The van der Waals surface area contributed by atoms with Gasteiger partial charge in [0, 0.05) is 18.9 Å². The molecule has 1 rings (SSSR count). The fourth-order valence-electron chi connectivity index (χ4n) is 2.00. The lowest BCUT2D eigenvalue weighted by molar-refractivity contribution is -0.144. The number of benzene rings is 1. The second-order valence-electron chi connectivity index (χ2n) is 5.23. The monoisotopic (exact) mass is 355 g/mol. The number of aliphatic carboxylic acids is 1. The Labute approximate surface area is 144 Å². The highest BCUT2D eigenvalue weighted by Gasteiger charge is 2.27. The number of rotatable bonds is 9. The van der Waals surface area contributed by atoms with Gasteiger partial charge in [0.15, 0.2) is 0 Å². The summed E-state index contributed by atoms with van der Waals surface area (Å²) in [5.74, 6) is 2.28. The van der Waals surface area contributed by atoms with Crippen LogP contribution < -0.4 is 16.9 Å². The molecule has 1 aromatic rings. The van der Waals surface area contributed by atoms with Crippen LogP contribution in [0.4, 0.5) is 0 Å². The van der Waals surface area contributed by atoms with Crippen molar-refractivity contribution in [3.05, 3.63) is 35.9 Å². The highest BCUT2D eigenvalue weighted by atomic mass is 32.1. The molecule has 6 N–H and O–H groups in total. The van der Waals surface area contributed by atoms with Crippen molar-refractivity contribution in [2.45, 2.75) is 36.6 Å². The maximum atomic E-state index is 12.1. The number of thiol groups is 1. The number of carbonyl (C=O) groups is 3. The molecule has 9 heteroatoms. The van der Waals surface area contributed by atoms with Gasteiger partial charge in [-0.3, -0.25) is 9.59 Å². The normalized spacial score (nSPS) is 14.3. The van der Waals surface area contributed by atoms with E-state index in [2.05, 4.69) is 22.8 Å². The van der Waals surface area contributed by atoms with Gasteiger partial charge in [0.25, 0.3) is 0 Å². The van der Waals surface area contributed by atoms with Gasteiger partial charge in [-0.15, -0.1) is 0 Å². The van der Waals surface area contributed by atoms with Crippen LogP contribution >= 0.6 is 12.6 Å². The molecule has 0 aliphatic heterocycles. The zero-order valence-corrected chi connectivity index (χ0v) is 13.8. The fraction of sp³-hybridized carbons (Fsp3) is 0.400. The van der Waals surface area contributed by atoms with E-state index < -0.39 is 35.2 Å². The number of carbonyl (C=O) groups excluding carboxylic acids is 2. The van der Waals surface area contributed by atoms with Crippen molar-refractivity contribution in [1.82, 2.24) is 5.32 Å². The van der Waals surface area contributed by atoms with Crippen LogP contribution in [0, 0.1) is 0 Å². The Hall–Kier alpha value is -2.10. The summed E-state index contributed by atoms with van der Waals surface area (Å²) < 4.78 is 0. The van der Waals surface area contributed by atoms with Crippen molar-refractivity contribution in [3.8, 4) is 0 Å². The average molecular weight is 355 g/mol. The zero-order valence-electron chi connectivity index (χ0n) is 12.9. The number of nitrogens with two attached hydrogens (primary N) is 2. The van der Waals surface area contributed by atoms with Crippen LogP contribution in [-0.4, -0.2) is 40.3 Å². The Morgan fingerprint density at radius 3 is 2.42 bits per heavy atom. The summed E-state index contributed by atoms with van der Waals surface area (Å²) in [6.45, 7) is 0. The molecule has 0 aliphatic rings. The SMILES string of the molecule is NOC(=O)CC[C@H](N)C(S)C(=O)N[C@H](Cc1ccccc1)C(=O)O. The van der Waals surface area contributed by atoms with Crippen molar-refractivity contribution in [2.24, 2.45) is 11.6 Å². The molecule has 0 spiro atoms. The van der Waals surface area contributed by atoms with E-state index >= 15 is 0 Å². The second-order valence-corrected chi connectivity index (χ2v) is 5.78. The van der Waals surface area contributed by atoms with Crippen LogP contribution in [0.15, 0.2) is 30.3 Å². The summed E-state index contributed by atoms with van der Waals surface area (Å²) in [6, 6.07) is 7.06. The van der Waals surface area contributed by atoms with Crippen molar-refractivity contribution in [2.75, 3.05) is 0 Å². The third-order valence-corrected chi connectivity index (χ3v) is 4.00. The molecule has 0 saturated heterocycles. The number of carboxylic acid groups (broad SMARTS) is 1. The Morgan fingerprint density at radius 2 is 1.88 bits per heavy atom. The predicted octanol–water partition coefficient (Wildman–Crippen LogP) is -0.379. The van der Waals surface area contributed by atoms with Gasteiger partial charge in [0.2, 0.25) is 5.91 Å². The molecule has 0 heterocycles. The molecule has 1 unspecified atom stereocenters. The van der Waals surface area contributed by atoms with Crippen LogP contribution in [0.25, 0.3) is 0 Å². The first-order valence-corrected chi connectivity index (χ1v) is 7.77. The van der Waals surface area contributed by atoms with E-state index in [0.29, 0.717) is 0 Å². The molecule has 1 amide bonds. The molecule has 0 fully saturated rings. The van der Waals surface area contributed by atoms with E-state index in [9.17, 15) is 19.5 Å². The van der Waals surface area contributed by atoms with Gasteiger partial charge < -0.3 is 21.0 Å². The van der Waals surface area contributed by atoms with Crippen molar-refractivity contribution < 1.29 is 24.3 Å². The molecule has 0 bridgehead atoms. The topological polar surface area (TPSA) is 145 Å². The molecule has 3 atom stereocenters. The molecule has 1 aromatic carbocycles. The Kier molecular flexibility index (Phi) is 8.24. The van der Waals surface area contributed by atoms with Crippen LogP contribution in [0.5, 0.6) is 0 Å². The molecule has 0 saturated carbocycles. The fourth-order valence-corrected chi connectivity index (χ4v) is 2.23. The molecule has 0 radical (unpaired) electrons. The molecule has 8 nitrogen and oxygen atoms in total. The minimum Gasteiger partial charge on any atom is -0.480 e. The van der Waals surface area contributed by atoms with Gasteiger partial charge >= 0.3 is 11.9 Å². The summed E-state index contributed by atoms with van der Waals surface area (Å²) in [5.41, 5.74) is 6.57. The van der Waals surface area contributed by atoms with E-state index in [1.165, 1.54) is 0 Å². The molecule has 0 aliphatic carbocycles. The van der Waals surface area contributed by atoms with E-state index in [1.807, 2.05) is 6.07 Å². The number of hydrogen-bond acceptors (Lipinski definition) is 7.